The lowest BCUT2D eigenvalue weighted by atomic mass is 10.1. The third-order valence-corrected chi connectivity index (χ3v) is 3.19. The van der Waals surface area contributed by atoms with Gasteiger partial charge in [-0.05, 0) is 13.0 Å². The second-order valence-corrected chi connectivity index (χ2v) is 4.32. The van der Waals surface area contributed by atoms with E-state index in [9.17, 15) is 9.90 Å². The van der Waals surface area contributed by atoms with Gasteiger partial charge in [0.15, 0.2) is 0 Å². The minimum absolute atomic E-state index is 0.00379. The molecule has 1 aliphatic heterocycles. The number of carbonyl (C=O) groups excluding carboxylic acids is 1. The van der Waals surface area contributed by atoms with Crippen LogP contribution in [-0.2, 0) is 4.79 Å². The second-order valence-electron chi connectivity index (χ2n) is 4.32. The van der Waals surface area contributed by atoms with Crippen LogP contribution < -0.4 is 4.74 Å². The average Bonchev–Trinajstić information content (AvgIpc) is 2.67. The second kappa shape index (κ2) is 4.75. The Balaban J connectivity index is 2.25. The molecule has 0 aromatic heterocycles. The molecule has 4 heteroatoms. The number of aliphatic hydroxyl groups excluding tert-OH is 1. The lowest BCUT2D eigenvalue weighted by Crippen LogP contribution is -2.29. The number of benzene rings is 1. The molecule has 1 amide bonds. The van der Waals surface area contributed by atoms with Gasteiger partial charge in [-0.25, -0.2) is 0 Å². The van der Waals surface area contributed by atoms with Crippen LogP contribution in [-0.4, -0.2) is 35.7 Å². The van der Waals surface area contributed by atoms with Gasteiger partial charge in [-0.15, -0.1) is 0 Å². The zero-order valence-corrected chi connectivity index (χ0v) is 10.1. The first-order valence-electron chi connectivity index (χ1n) is 5.74. The van der Waals surface area contributed by atoms with E-state index in [1.165, 1.54) is 0 Å². The van der Waals surface area contributed by atoms with Crippen LogP contribution in [0.25, 0.3) is 0 Å². The number of aliphatic hydroxyl groups is 1. The van der Waals surface area contributed by atoms with Crippen molar-refractivity contribution in [2.24, 2.45) is 0 Å². The zero-order chi connectivity index (χ0) is 12.4. The van der Waals surface area contributed by atoms with Crippen LogP contribution in [0.1, 0.15) is 24.9 Å². The highest BCUT2D eigenvalue weighted by molar-refractivity contribution is 5.79. The molecule has 0 saturated carbocycles. The van der Waals surface area contributed by atoms with Crippen LogP contribution in [0.5, 0.6) is 5.75 Å². The Morgan fingerprint density at radius 3 is 2.76 bits per heavy atom. The molecule has 0 spiro atoms. The predicted octanol–water partition coefficient (Wildman–Crippen LogP) is 1.35. The van der Waals surface area contributed by atoms with E-state index in [-0.39, 0.29) is 18.4 Å². The van der Waals surface area contributed by atoms with E-state index in [1.807, 2.05) is 31.2 Å². The molecule has 1 fully saturated rings. The number of likely N-dealkylation sites (tertiary alicyclic amines) is 1. The number of nitrogens with zero attached hydrogens (tertiary/aromatic N) is 1. The summed E-state index contributed by atoms with van der Waals surface area (Å²) < 4.78 is 5.29. The topological polar surface area (TPSA) is 49.8 Å². The van der Waals surface area contributed by atoms with Crippen molar-refractivity contribution < 1.29 is 14.6 Å². The molecule has 2 unspecified atom stereocenters. The van der Waals surface area contributed by atoms with Crippen molar-refractivity contribution >= 4 is 5.91 Å². The normalized spacial score (nSPS) is 21.7. The molecule has 1 aliphatic rings. The number of hydrogen-bond acceptors (Lipinski definition) is 3. The summed E-state index contributed by atoms with van der Waals surface area (Å²) in [6.07, 6.45) is -0.320. The van der Waals surface area contributed by atoms with Gasteiger partial charge >= 0.3 is 0 Å². The summed E-state index contributed by atoms with van der Waals surface area (Å²) in [7, 11) is 1.62. The third-order valence-electron chi connectivity index (χ3n) is 3.19. The molecule has 2 rings (SSSR count). The molecule has 1 aromatic rings. The number of amides is 1. The van der Waals surface area contributed by atoms with Crippen LogP contribution in [0, 0.1) is 0 Å². The molecule has 17 heavy (non-hydrogen) atoms. The maximum atomic E-state index is 11.7. The smallest absolute Gasteiger partial charge is 0.225 e. The monoisotopic (exact) mass is 235 g/mol. The molecular weight excluding hydrogens is 218 g/mol. The van der Waals surface area contributed by atoms with E-state index in [0.717, 1.165) is 11.3 Å². The minimum Gasteiger partial charge on any atom is -0.496 e. The summed E-state index contributed by atoms with van der Waals surface area (Å²) >= 11 is 0. The van der Waals surface area contributed by atoms with Gasteiger partial charge < -0.3 is 14.7 Å². The highest BCUT2D eigenvalue weighted by Gasteiger charge is 2.32. The first-order valence-corrected chi connectivity index (χ1v) is 5.74. The number of hydrogen-bond donors (Lipinski definition) is 1. The summed E-state index contributed by atoms with van der Waals surface area (Å²) in [5.41, 5.74) is 0.970. The minimum atomic E-state index is -0.542. The first kappa shape index (κ1) is 11.9. The Hall–Kier alpha value is -1.55. The van der Waals surface area contributed by atoms with Crippen LogP contribution in [0.2, 0.25) is 0 Å². The number of β-amino-alcohol motifs (C(OH)–C–C–N with tert-alkyl or cyclic N) is 1. The quantitative estimate of drug-likeness (QED) is 0.860. The van der Waals surface area contributed by atoms with E-state index in [0.29, 0.717) is 6.54 Å². The lowest BCUT2D eigenvalue weighted by molar-refractivity contribution is -0.129. The Labute approximate surface area is 101 Å². The Morgan fingerprint density at radius 2 is 2.18 bits per heavy atom. The molecule has 0 bridgehead atoms. The van der Waals surface area contributed by atoms with Crippen molar-refractivity contribution in [1.82, 2.24) is 4.90 Å². The summed E-state index contributed by atoms with van der Waals surface area (Å²) in [6.45, 7) is 2.35. The van der Waals surface area contributed by atoms with Crippen molar-refractivity contribution in [3.05, 3.63) is 29.8 Å². The number of ether oxygens (including phenoxy) is 1. The molecule has 1 N–H and O–H groups in total. The van der Waals surface area contributed by atoms with Gasteiger partial charge in [-0.2, -0.15) is 0 Å². The van der Waals surface area contributed by atoms with E-state index >= 15 is 0 Å². The van der Waals surface area contributed by atoms with Crippen LogP contribution in [0.15, 0.2) is 24.3 Å². The number of methoxy groups -OCH3 is 1. The highest BCUT2D eigenvalue weighted by Crippen LogP contribution is 2.31. The molecule has 1 heterocycles. The van der Waals surface area contributed by atoms with Gasteiger partial charge in [0.25, 0.3) is 0 Å². The fourth-order valence-corrected chi connectivity index (χ4v) is 2.27. The van der Waals surface area contributed by atoms with E-state index < -0.39 is 6.10 Å². The van der Waals surface area contributed by atoms with Crippen molar-refractivity contribution in [1.29, 1.82) is 0 Å². The largest absolute Gasteiger partial charge is 0.496 e. The third kappa shape index (κ3) is 2.26. The maximum absolute atomic E-state index is 11.7. The summed E-state index contributed by atoms with van der Waals surface area (Å²) in [4.78, 5) is 13.4. The molecule has 1 aromatic carbocycles. The molecule has 1 saturated heterocycles. The Bertz CT molecular complexity index is 419. The number of rotatable bonds is 3. The van der Waals surface area contributed by atoms with E-state index in [1.54, 1.807) is 12.0 Å². The Kier molecular flexibility index (Phi) is 3.33. The first-order chi connectivity index (χ1) is 8.13. The zero-order valence-electron chi connectivity index (χ0n) is 10.1. The fourth-order valence-electron chi connectivity index (χ4n) is 2.27. The van der Waals surface area contributed by atoms with E-state index in [2.05, 4.69) is 0 Å². The maximum Gasteiger partial charge on any atom is 0.225 e. The summed E-state index contributed by atoms with van der Waals surface area (Å²) in [5.74, 6) is 0.769. The SMILES string of the molecule is COc1ccccc1C(C)N1CC(O)CC1=O. The van der Waals surface area contributed by atoms with Gasteiger partial charge in [0, 0.05) is 12.1 Å². The van der Waals surface area contributed by atoms with Crippen LogP contribution >= 0.6 is 0 Å². The number of para-hydroxylation sites is 1. The predicted molar refractivity (Wildman–Crippen MR) is 63.7 cm³/mol. The van der Waals surface area contributed by atoms with Gasteiger partial charge in [0.05, 0.1) is 25.7 Å². The molecule has 4 nitrogen and oxygen atoms in total. The Morgan fingerprint density at radius 1 is 1.47 bits per heavy atom. The molecule has 0 radical (unpaired) electrons. The molecule has 2 atom stereocenters. The van der Waals surface area contributed by atoms with Gasteiger partial charge in [-0.3, -0.25) is 4.79 Å². The van der Waals surface area contributed by atoms with Crippen molar-refractivity contribution in [3.8, 4) is 5.75 Å². The molecular formula is C13H17NO3. The highest BCUT2D eigenvalue weighted by atomic mass is 16.5. The average molecular weight is 235 g/mol. The van der Waals surface area contributed by atoms with Crippen molar-refractivity contribution in [2.75, 3.05) is 13.7 Å². The van der Waals surface area contributed by atoms with Gasteiger partial charge in [0.1, 0.15) is 5.75 Å². The summed E-state index contributed by atoms with van der Waals surface area (Å²) in [6, 6.07) is 7.57. The standard InChI is InChI=1S/C13H17NO3/c1-9(14-8-10(15)7-13(14)16)11-5-3-4-6-12(11)17-2/h3-6,9-10,15H,7-8H2,1-2H3. The molecule has 0 aliphatic carbocycles. The van der Waals surface area contributed by atoms with Crippen LogP contribution in [0.3, 0.4) is 0 Å². The van der Waals surface area contributed by atoms with E-state index in [4.69, 9.17) is 4.74 Å². The van der Waals surface area contributed by atoms with Crippen molar-refractivity contribution in [3.63, 3.8) is 0 Å². The summed E-state index contributed by atoms with van der Waals surface area (Å²) in [5, 5.41) is 9.50. The molecule has 92 valence electrons. The van der Waals surface area contributed by atoms with Crippen molar-refractivity contribution in [2.45, 2.75) is 25.5 Å². The van der Waals surface area contributed by atoms with Gasteiger partial charge in [0.2, 0.25) is 5.91 Å². The number of carbonyl (C=O) groups is 1. The lowest BCUT2D eigenvalue weighted by Gasteiger charge is -2.26. The van der Waals surface area contributed by atoms with Gasteiger partial charge in [-0.1, -0.05) is 18.2 Å². The van der Waals surface area contributed by atoms with Crippen LogP contribution in [0.4, 0.5) is 0 Å². The fraction of sp³-hybridized carbons (Fsp3) is 0.462.